The van der Waals surface area contributed by atoms with E-state index in [1.165, 1.54) is 4.31 Å². The number of aryl methyl sites for hydroxylation is 1. The minimum atomic E-state index is -3.64. The van der Waals surface area contributed by atoms with Gasteiger partial charge in [-0.25, -0.2) is 8.42 Å². The maximum Gasteiger partial charge on any atom is 0.243 e. The summed E-state index contributed by atoms with van der Waals surface area (Å²) in [5.41, 5.74) is 0.995. The lowest BCUT2D eigenvalue weighted by atomic mass is 10.2. The largest absolute Gasteiger partial charge is 0.383 e. The van der Waals surface area contributed by atoms with Gasteiger partial charge in [0.15, 0.2) is 0 Å². The van der Waals surface area contributed by atoms with Crippen LogP contribution in [0.1, 0.15) is 18.4 Å². The van der Waals surface area contributed by atoms with Crippen molar-refractivity contribution < 1.29 is 17.9 Å². The SMILES string of the molecule is COCCNC(=O)[C@@H]1CCCN1S(=O)(=O)c1ccc(C)cc1. The highest BCUT2D eigenvalue weighted by atomic mass is 32.2. The molecule has 0 saturated carbocycles. The number of benzene rings is 1. The van der Waals surface area contributed by atoms with Crippen molar-refractivity contribution in [3.8, 4) is 0 Å². The number of amides is 1. The molecule has 1 amide bonds. The van der Waals surface area contributed by atoms with Crippen LogP contribution in [0.2, 0.25) is 0 Å². The Kier molecular flexibility index (Phi) is 5.55. The molecule has 7 heteroatoms. The van der Waals surface area contributed by atoms with Gasteiger partial charge < -0.3 is 10.1 Å². The first-order valence-electron chi connectivity index (χ1n) is 7.32. The molecule has 0 spiro atoms. The summed E-state index contributed by atoms with van der Waals surface area (Å²) < 4.78 is 31.6. The van der Waals surface area contributed by atoms with Gasteiger partial charge in [-0.1, -0.05) is 17.7 Å². The van der Waals surface area contributed by atoms with Crippen molar-refractivity contribution in [2.24, 2.45) is 0 Å². The van der Waals surface area contributed by atoms with Gasteiger partial charge in [0.1, 0.15) is 6.04 Å². The highest BCUT2D eigenvalue weighted by Crippen LogP contribution is 2.26. The molecule has 122 valence electrons. The molecule has 1 aliphatic rings. The Morgan fingerprint density at radius 1 is 1.36 bits per heavy atom. The molecule has 0 aromatic heterocycles. The number of hydrogen-bond donors (Lipinski definition) is 1. The van der Waals surface area contributed by atoms with Crippen molar-refractivity contribution in [3.05, 3.63) is 29.8 Å². The Hall–Kier alpha value is -1.44. The highest BCUT2D eigenvalue weighted by molar-refractivity contribution is 7.89. The van der Waals surface area contributed by atoms with E-state index in [1.807, 2.05) is 6.92 Å². The van der Waals surface area contributed by atoms with Crippen molar-refractivity contribution in [1.29, 1.82) is 0 Å². The summed E-state index contributed by atoms with van der Waals surface area (Å²) in [6.45, 7) is 3.06. The second-order valence-electron chi connectivity index (χ2n) is 5.37. The summed E-state index contributed by atoms with van der Waals surface area (Å²) in [6, 6.07) is 6.06. The fourth-order valence-corrected chi connectivity index (χ4v) is 4.19. The number of carbonyl (C=O) groups is 1. The molecule has 0 unspecified atom stereocenters. The summed E-state index contributed by atoms with van der Waals surface area (Å²) in [4.78, 5) is 12.4. The topological polar surface area (TPSA) is 75.7 Å². The summed E-state index contributed by atoms with van der Waals surface area (Å²) in [5.74, 6) is -0.259. The van der Waals surface area contributed by atoms with Gasteiger partial charge in [0, 0.05) is 20.2 Å². The van der Waals surface area contributed by atoms with Crippen molar-refractivity contribution in [2.45, 2.75) is 30.7 Å². The molecule has 6 nitrogen and oxygen atoms in total. The fourth-order valence-electron chi connectivity index (χ4n) is 2.53. The molecular formula is C15H22N2O4S. The molecule has 0 aliphatic carbocycles. The van der Waals surface area contributed by atoms with Crippen LogP contribution < -0.4 is 5.32 Å². The highest BCUT2D eigenvalue weighted by Gasteiger charge is 2.39. The second kappa shape index (κ2) is 7.21. The van der Waals surface area contributed by atoms with Crippen molar-refractivity contribution in [2.75, 3.05) is 26.8 Å². The molecule has 1 N–H and O–H groups in total. The van der Waals surface area contributed by atoms with Gasteiger partial charge in [0.05, 0.1) is 11.5 Å². The monoisotopic (exact) mass is 326 g/mol. The van der Waals surface area contributed by atoms with E-state index in [2.05, 4.69) is 5.32 Å². The quantitative estimate of drug-likeness (QED) is 0.789. The molecule has 0 radical (unpaired) electrons. The van der Waals surface area contributed by atoms with Gasteiger partial charge >= 0.3 is 0 Å². The van der Waals surface area contributed by atoms with Crippen LogP contribution in [-0.4, -0.2) is 51.5 Å². The molecule has 1 heterocycles. The lowest BCUT2D eigenvalue weighted by Crippen LogP contribution is -2.46. The van der Waals surface area contributed by atoms with Crippen molar-refractivity contribution in [1.82, 2.24) is 9.62 Å². The lowest BCUT2D eigenvalue weighted by Gasteiger charge is -2.23. The smallest absolute Gasteiger partial charge is 0.243 e. The third kappa shape index (κ3) is 3.66. The van der Waals surface area contributed by atoms with Crippen LogP contribution in [0.15, 0.2) is 29.2 Å². The summed E-state index contributed by atoms with van der Waals surface area (Å²) in [7, 11) is -2.09. The average molecular weight is 326 g/mol. The summed E-state index contributed by atoms with van der Waals surface area (Å²) in [5, 5.41) is 2.72. The molecule has 0 bridgehead atoms. The molecule has 1 aromatic rings. The van der Waals surface area contributed by atoms with Crippen molar-refractivity contribution in [3.63, 3.8) is 0 Å². The standard InChI is InChI=1S/C15H22N2O4S/c1-12-5-7-13(8-6-12)22(19,20)17-10-3-4-14(17)15(18)16-9-11-21-2/h5-8,14H,3-4,9-11H2,1-2H3,(H,16,18)/t14-/m0/s1. The molecule has 1 atom stereocenters. The molecule has 1 fully saturated rings. The maximum atomic E-state index is 12.7. The Labute approximate surface area is 131 Å². The Balaban J connectivity index is 2.15. The first kappa shape index (κ1) is 16.9. The number of ether oxygens (including phenoxy) is 1. The first-order valence-corrected chi connectivity index (χ1v) is 8.76. The predicted molar refractivity (Wildman–Crippen MR) is 83.0 cm³/mol. The van der Waals surface area contributed by atoms with E-state index in [0.717, 1.165) is 5.56 Å². The van der Waals surface area contributed by atoms with Crippen LogP contribution in [-0.2, 0) is 19.6 Å². The fraction of sp³-hybridized carbons (Fsp3) is 0.533. The maximum absolute atomic E-state index is 12.7. The van der Waals surface area contributed by atoms with Gasteiger partial charge in [0.2, 0.25) is 15.9 Å². The van der Waals surface area contributed by atoms with E-state index < -0.39 is 16.1 Å². The summed E-state index contributed by atoms with van der Waals surface area (Å²) >= 11 is 0. The predicted octanol–water partition coefficient (Wildman–Crippen LogP) is 0.911. The number of nitrogens with one attached hydrogen (secondary N) is 1. The summed E-state index contributed by atoms with van der Waals surface area (Å²) in [6.07, 6.45) is 1.23. The van der Waals surface area contributed by atoms with Gasteiger partial charge in [-0.05, 0) is 31.9 Å². The van der Waals surface area contributed by atoms with Crippen molar-refractivity contribution >= 4 is 15.9 Å². The molecule has 1 aliphatic heterocycles. The van der Waals surface area contributed by atoms with Crippen LogP contribution >= 0.6 is 0 Å². The number of hydrogen-bond acceptors (Lipinski definition) is 4. The minimum Gasteiger partial charge on any atom is -0.383 e. The molecule has 1 saturated heterocycles. The van der Waals surface area contributed by atoms with Crippen LogP contribution in [0, 0.1) is 6.92 Å². The van der Waals surface area contributed by atoms with Crippen LogP contribution in [0.5, 0.6) is 0 Å². The van der Waals surface area contributed by atoms with Gasteiger partial charge in [0.25, 0.3) is 0 Å². The number of sulfonamides is 1. The van der Waals surface area contributed by atoms with E-state index in [-0.39, 0.29) is 10.8 Å². The van der Waals surface area contributed by atoms with E-state index in [4.69, 9.17) is 4.74 Å². The third-order valence-electron chi connectivity index (χ3n) is 3.74. The van der Waals surface area contributed by atoms with Gasteiger partial charge in [-0.2, -0.15) is 4.31 Å². The zero-order valence-corrected chi connectivity index (χ0v) is 13.7. The number of carbonyl (C=O) groups excluding carboxylic acids is 1. The number of methoxy groups -OCH3 is 1. The lowest BCUT2D eigenvalue weighted by molar-refractivity contribution is -0.124. The molecule has 2 rings (SSSR count). The Morgan fingerprint density at radius 2 is 2.05 bits per heavy atom. The van der Waals surface area contributed by atoms with Gasteiger partial charge in [-0.15, -0.1) is 0 Å². The van der Waals surface area contributed by atoms with E-state index in [9.17, 15) is 13.2 Å². The Bertz CT molecular complexity index is 613. The minimum absolute atomic E-state index is 0.231. The van der Waals surface area contributed by atoms with E-state index in [0.29, 0.717) is 32.5 Å². The van der Waals surface area contributed by atoms with E-state index in [1.54, 1.807) is 31.4 Å². The zero-order valence-electron chi connectivity index (χ0n) is 12.9. The third-order valence-corrected chi connectivity index (χ3v) is 5.66. The molecular weight excluding hydrogens is 304 g/mol. The van der Waals surface area contributed by atoms with Crippen LogP contribution in [0.25, 0.3) is 0 Å². The van der Waals surface area contributed by atoms with Crippen LogP contribution in [0.4, 0.5) is 0 Å². The first-order chi connectivity index (χ1) is 10.5. The number of rotatable bonds is 6. The van der Waals surface area contributed by atoms with Crippen LogP contribution in [0.3, 0.4) is 0 Å². The number of nitrogens with zero attached hydrogens (tertiary/aromatic N) is 1. The van der Waals surface area contributed by atoms with E-state index >= 15 is 0 Å². The Morgan fingerprint density at radius 3 is 2.68 bits per heavy atom. The normalized spacial score (nSPS) is 19.3. The average Bonchev–Trinajstić information content (AvgIpc) is 2.98. The zero-order chi connectivity index (χ0) is 16.2. The molecule has 22 heavy (non-hydrogen) atoms. The molecule has 1 aromatic carbocycles. The second-order valence-corrected chi connectivity index (χ2v) is 7.26. The van der Waals surface area contributed by atoms with Gasteiger partial charge in [-0.3, -0.25) is 4.79 Å².